The Balaban J connectivity index is 2.97. The molecule has 0 aliphatic carbocycles. The molecule has 0 saturated carbocycles. The van der Waals surface area contributed by atoms with Crippen molar-refractivity contribution in [3.8, 4) is 0 Å². The molecule has 0 amide bonds. The summed E-state index contributed by atoms with van der Waals surface area (Å²) in [5.41, 5.74) is 0.939. The molecule has 0 radical (unpaired) electrons. The fraction of sp³-hybridized carbons (Fsp3) is 0.625. The highest BCUT2D eigenvalue weighted by Gasteiger charge is 2.10. The summed E-state index contributed by atoms with van der Waals surface area (Å²) >= 11 is 0. The maximum Gasteiger partial charge on any atom is 0.220 e. The molecule has 1 aromatic heterocycles. The average Bonchev–Trinajstić information content (AvgIpc) is 2.30. The summed E-state index contributed by atoms with van der Waals surface area (Å²) in [4.78, 5) is 4.11. The first-order valence-corrected chi connectivity index (χ1v) is 3.72. The lowest BCUT2D eigenvalue weighted by atomic mass is 10.1. The molecular formula is C8H13NO2. The van der Waals surface area contributed by atoms with Crippen LogP contribution < -0.4 is 0 Å². The van der Waals surface area contributed by atoms with Crippen molar-refractivity contribution in [2.45, 2.75) is 33.3 Å². The van der Waals surface area contributed by atoms with E-state index in [-0.39, 0.29) is 6.61 Å². The van der Waals surface area contributed by atoms with E-state index in [0.29, 0.717) is 11.8 Å². The highest BCUT2D eigenvalue weighted by Crippen LogP contribution is 2.18. The van der Waals surface area contributed by atoms with Crippen LogP contribution >= 0.6 is 0 Å². The molecule has 1 N–H and O–H groups in total. The smallest absolute Gasteiger partial charge is 0.220 e. The third-order valence-corrected chi connectivity index (χ3v) is 1.56. The van der Waals surface area contributed by atoms with Crippen LogP contribution in [0, 0.1) is 6.92 Å². The van der Waals surface area contributed by atoms with Crippen LogP contribution in [0.5, 0.6) is 0 Å². The molecule has 1 heterocycles. The van der Waals surface area contributed by atoms with Crippen molar-refractivity contribution in [2.75, 3.05) is 0 Å². The lowest BCUT2D eigenvalue weighted by Crippen LogP contribution is -1.90. The molecule has 1 aromatic rings. The van der Waals surface area contributed by atoms with Gasteiger partial charge in [-0.3, -0.25) is 0 Å². The number of nitrogens with zero attached hydrogens (tertiary/aromatic N) is 1. The van der Waals surface area contributed by atoms with Gasteiger partial charge < -0.3 is 9.52 Å². The minimum absolute atomic E-state index is 0.118. The fourth-order valence-corrected chi connectivity index (χ4v) is 1.07. The van der Waals surface area contributed by atoms with Crippen LogP contribution in [0.2, 0.25) is 0 Å². The first-order valence-electron chi connectivity index (χ1n) is 3.72. The summed E-state index contributed by atoms with van der Waals surface area (Å²) in [6, 6.07) is 0. The largest absolute Gasteiger partial charge is 0.443 e. The van der Waals surface area contributed by atoms with E-state index in [1.54, 1.807) is 0 Å². The van der Waals surface area contributed by atoms with E-state index < -0.39 is 0 Å². The second-order valence-electron chi connectivity index (χ2n) is 2.86. The highest BCUT2D eigenvalue weighted by atomic mass is 16.4. The van der Waals surface area contributed by atoms with Gasteiger partial charge in [-0.05, 0) is 12.8 Å². The van der Waals surface area contributed by atoms with E-state index in [9.17, 15) is 0 Å². The van der Waals surface area contributed by atoms with E-state index in [2.05, 4.69) is 4.98 Å². The molecule has 3 nitrogen and oxygen atoms in total. The van der Waals surface area contributed by atoms with Gasteiger partial charge in [0.2, 0.25) is 5.89 Å². The standard InChI is InChI=1S/C8H13NO2/c1-5(2)8-6(3)11-7(4-10)9-8/h5,10H,4H2,1-3H3. The van der Waals surface area contributed by atoms with Crippen LogP contribution in [0.25, 0.3) is 0 Å². The minimum Gasteiger partial charge on any atom is -0.443 e. The lowest BCUT2D eigenvalue weighted by molar-refractivity contribution is 0.238. The van der Waals surface area contributed by atoms with Crippen molar-refractivity contribution in [1.82, 2.24) is 4.98 Å². The molecule has 62 valence electrons. The van der Waals surface area contributed by atoms with Crippen molar-refractivity contribution < 1.29 is 9.52 Å². The van der Waals surface area contributed by atoms with Crippen molar-refractivity contribution in [3.63, 3.8) is 0 Å². The lowest BCUT2D eigenvalue weighted by Gasteiger charge is -1.97. The molecule has 11 heavy (non-hydrogen) atoms. The first kappa shape index (κ1) is 8.27. The van der Waals surface area contributed by atoms with Gasteiger partial charge in [0.15, 0.2) is 0 Å². The number of aryl methyl sites for hydroxylation is 1. The maximum atomic E-state index is 8.70. The molecule has 0 fully saturated rings. The zero-order valence-corrected chi connectivity index (χ0v) is 7.09. The molecule has 3 heteroatoms. The number of aliphatic hydroxyl groups excluding tert-OH is 1. The normalized spacial score (nSPS) is 11.0. The van der Waals surface area contributed by atoms with Crippen LogP contribution in [0.3, 0.4) is 0 Å². The van der Waals surface area contributed by atoms with Crippen LogP contribution in [0.4, 0.5) is 0 Å². The van der Waals surface area contributed by atoms with Crippen molar-refractivity contribution in [1.29, 1.82) is 0 Å². The predicted octanol–water partition coefficient (Wildman–Crippen LogP) is 1.60. The number of rotatable bonds is 2. The molecule has 0 atom stereocenters. The number of oxazole rings is 1. The summed E-state index contributed by atoms with van der Waals surface area (Å²) in [6.07, 6.45) is 0. The van der Waals surface area contributed by atoms with Crippen molar-refractivity contribution in [2.24, 2.45) is 0 Å². The first-order chi connectivity index (χ1) is 5.15. The molecule has 0 saturated heterocycles. The highest BCUT2D eigenvalue weighted by molar-refractivity contribution is 5.11. The Morgan fingerprint density at radius 1 is 1.55 bits per heavy atom. The summed E-state index contributed by atoms with van der Waals surface area (Å²) in [5.74, 6) is 1.58. The Morgan fingerprint density at radius 2 is 2.18 bits per heavy atom. The molecule has 0 unspecified atom stereocenters. The molecule has 0 spiro atoms. The zero-order valence-electron chi connectivity index (χ0n) is 7.09. The quantitative estimate of drug-likeness (QED) is 0.705. The zero-order chi connectivity index (χ0) is 8.43. The Morgan fingerprint density at radius 3 is 2.45 bits per heavy atom. The van der Waals surface area contributed by atoms with Gasteiger partial charge in [0.1, 0.15) is 12.4 Å². The van der Waals surface area contributed by atoms with Crippen LogP contribution in [-0.2, 0) is 6.61 Å². The average molecular weight is 155 g/mol. The SMILES string of the molecule is Cc1oc(CO)nc1C(C)C. The van der Waals surface area contributed by atoms with Crippen molar-refractivity contribution in [3.05, 3.63) is 17.3 Å². The Kier molecular flexibility index (Phi) is 2.29. The number of hydrogen-bond donors (Lipinski definition) is 1. The topological polar surface area (TPSA) is 46.3 Å². The third-order valence-electron chi connectivity index (χ3n) is 1.56. The predicted molar refractivity (Wildman–Crippen MR) is 41.3 cm³/mol. The third kappa shape index (κ3) is 1.60. The van der Waals surface area contributed by atoms with Gasteiger partial charge in [-0.2, -0.15) is 0 Å². The number of aliphatic hydroxyl groups is 1. The molecule has 0 bridgehead atoms. The van der Waals surface area contributed by atoms with Gasteiger partial charge in [0.25, 0.3) is 0 Å². The summed E-state index contributed by atoms with van der Waals surface area (Å²) < 4.78 is 5.16. The van der Waals surface area contributed by atoms with Gasteiger partial charge in [-0.25, -0.2) is 4.98 Å². The maximum absolute atomic E-state index is 8.70. The van der Waals surface area contributed by atoms with E-state index in [1.165, 1.54) is 0 Å². The molecule has 0 aromatic carbocycles. The Labute approximate surface area is 66.1 Å². The van der Waals surface area contributed by atoms with Gasteiger partial charge in [0, 0.05) is 0 Å². The molecular weight excluding hydrogens is 142 g/mol. The summed E-state index contributed by atoms with van der Waals surface area (Å²) in [5, 5.41) is 8.70. The van der Waals surface area contributed by atoms with E-state index >= 15 is 0 Å². The summed E-state index contributed by atoms with van der Waals surface area (Å²) in [6.45, 7) is 5.84. The van der Waals surface area contributed by atoms with Gasteiger partial charge >= 0.3 is 0 Å². The monoisotopic (exact) mass is 155 g/mol. The number of hydrogen-bond acceptors (Lipinski definition) is 3. The van der Waals surface area contributed by atoms with Gasteiger partial charge in [0.05, 0.1) is 5.69 Å². The molecule has 0 aliphatic rings. The minimum atomic E-state index is -0.118. The van der Waals surface area contributed by atoms with E-state index in [4.69, 9.17) is 9.52 Å². The molecule has 0 aliphatic heterocycles. The van der Waals surface area contributed by atoms with E-state index in [0.717, 1.165) is 11.5 Å². The Hall–Kier alpha value is -0.830. The van der Waals surface area contributed by atoms with Crippen LogP contribution in [-0.4, -0.2) is 10.1 Å². The van der Waals surface area contributed by atoms with Crippen LogP contribution in [0.15, 0.2) is 4.42 Å². The second kappa shape index (κ2) is 3.05. The molecule has 1 rings (SSSR count). The van der Waals surface area contributed by atoms with Crippen molar-refractivity contribution >= 4 is 0 Å². The Bertz CT molecular complexity index is 240. The number of aromatic nitrogens is 1. The van der Waals surface area contributed by atoms with Crippen LogP contribution in [0.1, 0.15) is 37.1 Å². The fourth-order valence-electron chi connectivity index (χ4n) is 1.07. The second-order valence-corrected chi connectivity index (χ2v) is 2.86. The van der Waals surface area contributed by atoms with E-state index in [1.807, 2.05) is 20.8 Å². The summed E-state index contributed by atoms with van der Waals surface area (Å²) in [7, 11) is 0. The van der Waals surface area contributed by atoms with Gasteiger partial charge in [-0.1, -0.05) is 13.8 Å². The van der Waals surface area contributed by atoms with Gasteiger partial charge in [-0.15, -0.1) is 0 Å².